The van der Waals surface area contributed by atoms with E-state index in [1.807, 2.05) is 17.8 Å². The minimum Gasteiger partial charge on any atom is -0.326 e. The summed E-state index contributed by atoms with van der Waals surface area (Å²) in [6, 6.07) is 17.0. The minimum atomic E-state index is 0.137. The quantitative estimate of drug-likeness (QED) is 0.738. The van der Waals surface area contributed by atoms with Crippen molar-refractivity contribution in [3.05, 3.63) is 64.1 Å². The Morgan fingerprint density at radius 3 is 2.40 bits per heavy atom. The highest BCUT2D eigenvalue weighted by atomic mass is 79.9. The summed E-state index contributed by atoms with van der Waals surface area (Å²) in [5.74, 6) is 0. The van der Waals surface area contributed by atoms with Crippen molar-refractivity contribution in [2.75, 3.05) is 0 Å². The molecule has 0 aromatic heterocycles. The van der Waals surface area contributed by atoms with E-state index >= 15 is 0 Å². The number of hydrogen-bond donors (Lipinski definition) is 1. The number of nitrogens with two attached hydrogens (primary N) is 1. The van der Waals surface area contributed by atoms with Gasteiger partial charge in [0.05, 0.1) is 5.25 Å². The number of thioether (sulfide) groups is 1. The van der Waals surface area contributed by atoms with Crippen LogP contribution in [-0.4, -0.2) is 6.04 Å². The summed E-state index contributed by atoms with van der Waals surface area (Å²) in [7, 11) is 0. The summed E-state index contributed by atoms with van der Waals surface area (Å²) in [4.78, 5) is 1.30. The molecule has 1 nitrogen and oxygen atoms in total. The van der Waals surface area contributed by atoms with Crippen LogP contribution >= 0.6 is 27.7 Å². The Labute approximate surface area is 134 Å². The molecule has 20 heavy (non-hydrogen) atoms. The van der Waals surface area contributed by atoms with E-state index in [0.717, 1.165) is 10.9 Å². The van der Waals surface area contributed by atoms with Gasteiger partial charge in [0.25, 0.3) is 0 Å². The molecule has 106 valence electrons. The van der Waals surface area contributed by atoms with Crippen molar-refractivity contribution in [2.45, 2.75) is 36.5 Å². The Kier molecular flexibility index (Phi) is 5.70. The molecule has 0 bridgehead atoms. The first-order valence-electron chi connectivity index (χ1n) is 6.85. The van der Waals surface area contributed by atoms with Crippen LogP contribution in [0.1, 0.15) is 29.7 Å². The van der Waals surface area contributed by atoms with Gasteiger partial charge in [-0.2, -0.15) is 0 Å². The topological polar surface area (TPSA) is 26.0 Å². The number of hydrogen-bond acceptors (Lipinski definition) is 2. The van der Waals surface area contributed by atoms with Crippen molar-refractivity contribution in [1.29, 1.82) is 0 Å². The predicted octanol–water partition coefficient (Wildman–Crippen LogP) is 5.33. The van der Waals surface area contributed by atoms with Gasteiger partial charge in [0.1, 0.15) is 0 Å². The number of aryl methyl sites for hydroxylation is 1. The predicted molar refractivity (Wildman–Crippen MR) is 92.2 cm³/mol. The molecule has 0 fully saturated rings. The summed E-state index contributed by atoms with van der Waals surface area (Å²) in [5.41, 5.74) is 8.95. The zero-order chi connectivity index (χ0) is 14.5. The molecule has 2 atom stereocenters. The normalized spacial score (nSPS) is 14.0. The number of rotatable bonds is 5. The van der Waals surface area contributed by atoms with E-state index in [1.54, 1.807) is 0 Å². The fourth-order valence-corrected chi connectivity index (χ4v) is 4.19. The van der Waals surface area contributed by atoms with Gasteiger partial charge < -0.3 is 5.73 Å². The largest absolute Gasteiger partial charge is 0.326 e. The highest BCUT2D eigenvalue weighted by molar-refractivity contribution is 9.10. The Balaban J connectivity index is 2.35. The summed E-state index contributed by atoms with van der Waals surface area (Å²) < 4.78 is 1.13. The smallest absolute Gasteiger partial charge is 0.0506 e. The Hall–Kier alpha value is -0.770. The lowest BCUT2D eigenvalue weighted by Gasteiger charge is -2.24. The van der Waals surface area contributed by atoms with Crippen molar-refractivity contribution in [3.63, 3.8) is 0 Å². The lowest BCUT2D eigenvalue weighted by atomic mass is 10.0. The molecule has 0 aliphatic rings. The van der Waals surface area contributed by atoms with Gasteiger partial charge in [0.2, 0.25) is 0 Å². The molecule has 2 aromatic carbocycles. The monoisotopic (exact) mass is 349 g/mol. The van der Waals surface area contributed by atoms with Crippen molar-refractivity contribution in [2.24, 2.45) is 5.73 Å². The Morgan fingerprint density at radius 1 is 1.10 bits per heavy atom. The average Bonchev–Trinajstić information content (AvgIpc) is 2.47. The van der Waals surface area contributed by atoms with E-state index in [9.17, 15) is 0 Å². The van der Waals surface area contributed by atoms with Crippen LogP contribution in [0.15, 0.2) is 57.9 Å². The third-order valence-electron chi connectivity index (χ3n) is 3.42. The van der Waals surface area contributed by atoms with E-state index in [-0.39, 0.29) is 11.3 Å². The molecule has 2 rings (SSSR count). The van der Waals surface area contributed by atoms with Crippen LogP contribution in [0.2, 0.25) is 0 Å². The van der Waals surface area contributed by atoms with Crippen LogP contribution in [0, 0.1) is 6.92 Å². The summed E-state index contributed by atoms with van der Waals surface area (Å²) in [5, 5.41) is 0.261. The van der Waals surface area contributed by atoms with Gasteiger partial charge >= 0.3 is 0 Å². The Bertz CT molecular complexity index is 570. The van der Waals surface area contributed by atoms with Crippen LogP contribution in [0.5, 0.6) is 0 Å². The maximum absolute atomic E-state index is 6.37. The van der Waals surface area contributed by atoms with Crippen molar-refractivity contribution in [3.8, 4) is 0 Å². The molecule has 2 aromatic rings. The van der Waals surface area contributed by atoms with E-state index in [2.05, 4.69) is 72.2 Å². The third-order valence-corrected chi connectivity index (χ3v) is 5.71. The molecular weight excluding hydrogens is 330 g/mol. The summed E-state index contributed by atoms with van der Waals surface area (Å²) in [6.45, 7) is 4.30. The molecule has 0 aliphatic heterocycles. The standard InChI is InChI=1S/C17H20BrNS/c1-3-15(19)17(13-9-5-6-10-14(13)18)20-16-11-7-4-8-12(16)2/h4-11,15,17H,3,19H2,1-2H3. The lowest BCUT2D eigenvalue weighted by molar-refractivity contribution is 0.633. The van der Waals surface area contributed by atoms with E-state index < -0.39 is 0 Å². The molecular formula is C17H20BrNS. The highest BCUT2D eigenvalue weighted by Crippen LogP contribution is 2.41. The molecule has 0 saturated carbocycles. The average molecular weight is 350 g/mol. The van der Waals surface area contributed by atoms with Crippen molar-refractivity contribution >= 4 is 27.7 Å². The van der Waals surface area contributed by atoms with Crippen molar-refractivity contribution < 1.29 is 0 Å². The van der Waals surface area contributed by atoms with Crippen LogP contribution < -0.4 is 5.73 Å². The van der Waals surface area contributed by atoms with E-state index in [0.29, 0.717) is 0 Å². The summed E-state index contributed by atoms with van der Waals surface area (Å²) >= 11 is 5.52. The van der Waals surface area contributed by atoms with Crippen LogP contribution in [0.25, 0.3) is 0 Å². The van der Waals surface area contributed by atoms with Gasteiger partial charge in [0.15, 0.2) is 0 Å². The van der Waals surface area contributed by atoms with Gasteiger partial charge in [0, 0.05) is 15.4 Å². The van der Waals surface area contributed by atoms with E-state index in [1.165, 1.54) is 16.0 Å². The zero-order valence-corrected chi connectivity index (χ0v) is 14.2. The lowest BCUT2D eigenvalue weighted by Crippen LogP contribution is -2.26. The zero-order valence-electron chi connectivity index (χ0n) is 11.8. The highest BCUT2D eigenvalue weighted by Gasteiger charge is 2.22. The van der Waals surface area contributed by atoms with Crippen molar-refractivity contribution in [1.82, 2.24) is 0 Å². The first-order chi connectivity index (χ1) is 9.63. The number of benzene rings is 2. The second-order valence-electron chi connectivity index (χ2n) is 4.90. The molecule has 2 unspecified atom stereocenters. The first kappa shape index (κ1) is 15.6. The molecule has 0 heterocycles. The fraction of sp³-hybridized carbons (Fsp3) is 0.294. The molecule has 2 N–H and O–H groups in total. The van der Waals surface area contributed by atoms with Gasteiger partial charge in [-0.15, -0.1) is 11.8 Å². The van der Waals surface area contributed by atoms with Crippen LogP contribution in [-0.2, 0) is 0 Å². The molecule has 0 radical (unpaired) electrons. The molecule has 0 saturated heterocycles. The SMILES string of the molecule is CCC(N)C(Sc1ccccc1C)c1ccccc1Br. The maximum atomic E-state index is 6.37. The Morgan fingerprint density at radius 2 is 1.75 bits per heavy atom. The number of halogens is 1. The van der Waals surface area contributed by atoms with Gasteiger partial charge in [-0.05, 0) is 36.6 Å². The van der Waals surface area contributed by atoms with Crippen LogP contribution in [0.4, 0.5) is 0 Å². The molecule has 3 heteroatoms. The van der Waals surface area contributed by atoms with Gasteiger partial charge in [-0.1, -0.05) is 59.3 Å². The maximum Gasteiger partial charge on any atom is 0.0506 e. The van der Waals surface area contributed by atoms with Gasteiger partial charge in [-0.3, -0.25) is 0 Å². The third kappa shape index (κ3) is 3.66. The second kappa shape index (κ2) is 7.30. The fourth-order valence-electron chi connectivity index (χ4n) is 2.13. The summed E-state index contributed by atoms with van der Waals surface area (Å²) in [6.07, 6.45) is 0.963. The van der Waals surface area contributed by atoms with Gasteiger partial charge in [-0.25, -0.2) is 0 Å². The molecule has 0 amide bonds. The minimum absolute atomic E-state index is 0.137. The molecule has 0 spiro atoms. The van der Waals surface area contributed by atoms with E-state index in [4.69, 9.17) is 5.73 Å². The second-order valence-corrected chi connectivity index (χ2v) is 6.94. The van der Waals surface area contributed by atoms with Crippen LogP contribution in [0.3, 0.4) is 0 Å². The molecule has 0 aliphatic carbocycles. The first-order valence-corrected chi connectivity index (χ1v) is 8.53.